The molecule has 0 saturated heterocycles. The Hall–Kier alpha value is -1.09. The molecule has 1 aliphatic carbocycles. The maximum Gasteiger partial charge on any atom is 0.133 e. The number of nitrogens with zero attached hydrogens (tertiary/aromatic N) is 2. The lowest BCUT2D eigenvalue weighted by Gasteiger charge is -2.22. The third-order valence-corrected chi connectivity index (χ3v) is 2.90. The van der Waals surface area contributed by atoms with Crippen LogP contribution in [0.4, 0.5) is 5.82 Å². The molecule has 3 nitrogen and oxygen atoms in total. The van der Waals surface area contributed by atoms with Gasteiger partial charge >= 0.3 is 0 Å². The van der Waals surface area contributed by atoms with Crippen LogP contribution in [0.2, 0.25) is 0 Å². The van der Waals surface area contributed by atoms with E-state index in [0.717, 1.165) is 23.8 Å². The number of hydrogen-bond donors (Lipinski definition) is 1. The van der Waals surface area contributed by atoms with E-state index in [1.54, 1.807) is 0 Å². The smallest absolute Gasteiger partial charge is 0.133 e. The van der Waals surface area contributed by atoms with Gasteiger partial charge in [-0.05, 0) is 31.7 Å². The Balaban J connectivity index is 2.16. The van der Waals surface area contributed by atoms with Gasteiger partial charge in [0.25, 0.3) is 0 Å². The lowest BCUT2D eigenvalue weighted by molar-refractivity contribution is 0.749. The first-order valence-corrected chi connectivity index (χ1v) is 5.60. The molecule has 3 heteroatoms. The van der Waals surface area contributed by atoms with E-state index in [1.165, 1.54) is 12.8 Å². The molecule has 1 unspecified atom stereocenters. The third kappa shape index (κ3) is 2.48. The number of nitrogens with two attached hydrogens (primary N) is 1. The summed E-state index contributed by atoms with van der Waals surface area (Å²) in [6.45, 7) is 3.11. The van der Waals surface area contributed by atoms with Gasteiger partial charge in [0.2, 0.25) is 0 Å². The summed E-state index contributed by atoms with van der Waals surface area (Å²) in [6, 6.07) is 4.07. The monoisotopic (exact) mass is 205 g/mol. The summed E-state index contributed by atoms with van der Waals surface area (Å²) in [4.78, 5) is 6.66. The van der Waals surface area contributed by atoms with E-state index < -0.39 is 0 Å². The second-order valence-electron chi connectivity index (χ2n) is 4.53. The average Bonchev–Trinajstić information content (AvgIpc) is 3.01. The largest absolute Gasteiger partial charge is 0.359 e. The Kier molecular flexibility index (Phi) is 2.91. The van der Waals surface area contributed by atoms with Crippen LogP contribution in [0, 0.1) is 5.92 Å². The summed E-state index contributed by atoms with van der Waals surface area (Å²) >= 11 is 0. The Morgan fingerprint density at radius 3 is 2.93 bits per heavy atom. The van der Waals surface area contributed by atoms with Crippen LogP contribution in [-0.2, 0) is 0 Å². The molecule has 15 heavy (non-hydrogen) atoms. The van der Waals surface area contributed by atoms with Crippen LogP contribution in [0.15, 0.2) is 18.3 Å². The molecule has 0 amide bonds. The fourth-order valence-corrected chi connectivity index (χ4v) is 1.86. The van der Waals surface area contributed by atoms with Crippen LogP contribution in [0.5, 0.6) is 0 Å². The average molecular weight is 205 g/mol. The lowest BCUT2D eigenvalue weighted by atomic mass is 10.1. The summed E-state index contributed by atoms with van der Waals surface area (Å²) in [5, 5.41) is 0. The highest BCUT2D eigenvalue weighted by molar-refractivity contribution is 5.47. The molecule has 1 saturated carbocycles. The molecule has 1 aromatic rings. The van der Waals surface area contributed by atoms with Crippen molar-refractivity contribution in [3.8, 4) is 0 Å². The van der Waals surface area contributed by atoms with E-state index in [9.17, 15) is 0 Å². The zero-order chi connectivity index (χ0) is 10.8. The van der Waals surface area contributed by atoms with Crippen LogP contribution in [0.1, 0.15) is 31.4 Å². The lowest BCUT2D eigenvalue weighted by Crippen LogP contribution is -2.24. The minimum Gasteiger partial charge on any atom is -0.359 e. The van der Waals surface area contributed by atoms with Gasteiger partial charge in [-0.3, -0.25) is 0 Å². The van der Waals surface area contributed by atoms with Crippen LogP contribution in [0.3, 0.4) is 0 Å². The zero-order valence-corrected chi connectivity index (χ0v) is 9.48. The van der Waals surface area contributed by atoms with Crippen molar-refractivity contribution in [2.24, 2.45) is 11.7 Å². The molecular formula is C12H19N3. The molecule has 1 aromatic heterocycles. The first-order chi connectivity index (χ1) is 7.18. The first-order valence-electron chi connectivity index (χ1n) is 5.60. The molecule has 1 atom stereocenters. The van der Waals surface area contributed by atoms with Crippen molar-refractivity contribution >= 4 is 5.82 Å². The molecule has 0 aliphatic heterocycles. The molecule has 1 aliphatic rings. The number of rotatable bonds is 4. The van der Waals surface area contributed by atoms with E-state index in [-0.39, 0.29) is 6.04 Å². The second-order valence-corrected chi connectivity index (χ2v) is 4.53. The third-order valence-electron chi connectivity index (χ3n) is 2.90. The number of aromatic nitrogens is 1. The Morgan fingerprint density at radius 1 is 1.60 bits per heavy atom. The van der Waals surface area contributed by atoms with Gasteiger partial charge in [0.1, 0.15) is 5.82 Å². The zero-order valence-electron chi connectivity index (χ0n) is 9.48. The molecule has 2 N–H and O–H groups in total. The Morgan fingerprint density at radius 2 is 2.33 bits per heavy atom. The van der Waals surface area contributed by atoms with Gasteiger partial charge in [0.15, 0.2) is 0 Å². The minimum atomic E-state index is 0.0513. The van der Waals surface area contributed by atoms with Crippen LogP contribution < -0.4 is 10.6 Å². The van der Waals surface area contributed by atoms with Gasteiger partial charge in [-0.2, -0.15) is 0 Å². The first kappa shape index (κ1) is 10.4. The van der Waals surface area contributed by atoms with E-state index in [1.807, 2.05) is 19.2 Å². The normalized spacial score (nSPS) is 17.5. The Labute approximate surface area is 91.3 Å². The summed E-state index contributed by atoms with van der Waals surface area (Å²) < 4.78 is 0. The summed E-state index contributed by atoms with van der Waals surface area (Å²) in [6.07, 6.45) is 4.57. The second kappa shape index (κ2) is 4.19. The topological polar surface area (TPSA) is 42.1 Å². The van der Waals surface area contributed by atoms with E-state index in [4.69, 9.17) is 5.73 Å². The predicted octanol–water partition coefficient (Wildman–Crippen LogP) is 1.95. The summed E-state index contributed by atoms with van der Waals surface area (Å²) in [5.41, 5.74) is 7.07. The standard InChI is InChI=1S/C12H19N3/c1-9(13)11-4-3-7-14-12(11)15(2)8-10-5-6-10/h3-4,7,9-10H,5-6,8,13H2,1-2H3. The van der Waals surface area contributed by atoms with Gasteiger partial charge in [-0.15, -0.1) is 0 Å². The molecule has 0 aromatic carbocycles. The van der Waals surface area contributed by atoms with Gasteiger partial charge < -0.3 is 10.6 Å². The van der Waals surface area contributed by atoms with Crippen LogP contribution >= 0.6 is 0 Å². The SMILES string of the molecule is CC(N)c1cccnc1N(C)CC1CC1. The van der Waals surface area contributed by atoms with Crippen molar-refractivity contribution in [3.05, 3.63) is 23.9 Å². The van der Waals surface area contributed by atoms with Gasteiger partial charge in [0, 0.05) is 31.4 Å². The van der Waals surface area contributed by atoms with Crippen molar-refractivity contribution < 1.29 is 0 Å². The van der Waals surface area contributed by atoms with E-state index in [2.05, 4.69) is 23.0 Å². The maximum absolute atomic E-state index is 5.93. The highest BCUT2D eigenvalue weighted by Gasteiger charge is 2.24. The van der Waals surface area contributed by atoms with Crippen LogP contribution in [-0.4, -0.2) is 18.6 Å². The van der Waals surface area contributed by atoms with Crippen molar-refractivity contribution in [3.63, 3.8) is 0 Å². The van der Waals surface area contributed by atoms with Gasteiger partial charge in [0.05, 0.1) is 0 Å². The van der Waals surface area contributed by atoms with Crippen molar-refractivity contribution in [2.45, 2.75) is 25.8 Å². The molecule has 0 spiro atoms. The molecule has 1 fully saturated rings. The molecule has 0 bridgehead atoms. The number of anilines is 1. The number of hydrogen-bond acceptors (Lipinski definition) is 3. The van der Waals surface area contributed by atoms with Crippen molar-refractivity contribution in [2.75, 3.05) is 18.5 Å². The summed E-state index contributed by atoms with van der Waals surface area (Å²) in [7, 11) is 2.10. The molecule has 82 valence electrons. The Bertz CT molecular complexity index is 331. The van der Waals surface area contributed by atoms with Crippen molar-refractivity contribution in [1.29, 1.82) is 0 Å². The quantitative estimate of drug-likeness (QED) is 0.817. The van der Waals surface area contributed by atoms with Crippen LogP contribution in [0.25, 0.3) is 0 Å². The predicted molar refractivity (Wildman–Crippen MR) is 62.8 cm³/mol. The summed E-state index contributed by atoms with van der Waals surface area (Å²) in [5.74, 6) is 1.91. The molecular weight excluding hydrogens is 186 g/mol. The highest BCUT2D eigenvalue weighted by Crippen LogP contribution is 2.31. The van der Waals surface area contributed by atoms with Gasteiger partial charge in [-0.1, -0.05) is 6.07 Å². The van der Waals surface area contributed by atoms with E-state index >= 15 is 0 Å². The molecule has 0 radical (unpaired) electrons. The minimum absolute atomic E-state index is 0.0513. The fourth-order valence-electron chi connectivity index (χ4n) is 1.86. The van der Waals surface area contributed by atoms with Crippen molar-refractivity contribution in [1.82, 2.24) is 4.98 Å². The fraction of sp³-hybridized carbons (Fsp3) is 0.583. The van der Waals surface area contributed by atoms with Gasteiger partial charge in [-0.25, -0.2) is 4.98 Å². The maximum atomic E-state index is 5.93. The van der Waals surface area contributed by atoms with E-state index in [0.29, 0.717) is 0 Å². The molecule has 2 rings (SSSR count). The molecule has 1 heterocycles. The number of pyridine rings is 1. The highest BCUT2D eigenvalue weighted by atomic mass is 15.2.